The van der Waals surface area contributed by atoms with Crippen molar-refractivity contribution in [3.63, 3.8) is 0 Å². The van der Waals surface area contributed by atoms with Crippen LogP contribution in [0.1, 0.15) is 11.1 Å². The smallest absolute Gasteiger partial charge is 0.274 e. The Labute approximate surface area is 156 Å². The summed E-state index contributed by atoms with van der Waals surface area (Å²) >= 11 is 0. The highest BCUT2D eigenvalue weighted by atomic mass is 16.6. The van der Waals surface area contributed by atoms with Crippen LogP contribution in [0.25, 0.3) is 0 Å². The van der Waals surface area contributed by atoms with Crippen LogP contribution < -0.4 is 10.6 Å². The minimum Gasteiger partial charge on any atom is -0.324 e. The van der Waals surface area contributed by atoms with E-state index in [0.29, 0.717) is 17.1 Å². The number of nitro groups is 1. The predicted molar refractivity (Wildman–Crippen MR) is 102 cm³/mol. The van der Waals surface area contributed by atoms with Crippen LogP contribution in [0.15, 0.2) is 36.5 Å². The number of nitrogens with one attached hydrogen (secondary N) is 2. The molecule has 0 fully saturated rings. The quantitative estimate of drug-likeness (QED) is 0.569. The highest BCUT2D eigenvalue weighted by molar-refractivity contribution is 5.95. The maximum atomic E-state index is 12.2. The second-order valence-electron chi connectivity index (χ2n) is 6.19. The predicted octanol–water partition coefficient (Wildman–Crippen LogP) is 2.12. The Morgan fingerprint density at radius 2 is 1.81 bits per heavy atom. The second kappa shape index (κ2) is 8.86. The molecule has 0 saturated carbocycles. The van der Waals surface area contributed by atoms with Crippen molar-refractivity contribution < 1.29 is 14.5 Å². The van der Waals surface area contributed by atoms with Crippen LogP contribution in [0, 0.1) is 24.0 Å². The van der Waals surface area contributed by atoms with Crippen LogP contribution in [-0.2, 0) is 9.59 Å². The van der Waals surface area contributed by atoms with Crippen molar-refractivity contribution in [2.45, 2.75) is 13.8 Å². The molecule has 1 heterocycles. The maximum Gasteiger partial charge on any atom is 0.274 e. The van der Waals surface area contributed by atoms with Gasteiger partial charge in [0.1, 0.15) is 5.82 Å². The fourth-order valence-electron chi connectivity index (χ4n) is 2.48. The molecular weight excluding hydrogens is 350 g/mol. The number of carbonyl (C=O) groups is 2. The average Bonchev–Trinajstić information content (AvgIpc) is 2.56. The van der Waals surface area contributed by atoms with Crippen molar-refractivity contribution >= 4 is 29.0 Å². The third kappa shape index (κ3) is 5.86. The lowest BCUT2D eigenvalue weighted by Crippen LogP contribution is -2.36. The summed E-state index contributed by atoms with van der Waals surface area (Å²) in [6, 6.07) is 8.04. The summed E-state index contributed by atoms with van der Waals surface area (Å²) in [5.74, 6) is -0.220. The third-order valence-electron chi connectivity index (χ3n) is 3.79. The van der Waals surface area contributed by atoms with E-state index in [1.165, 1.54) is 17.0 Å². The molecule has 2 amide bonds. The van der Waals surface area contributed by atoms with Gasteiger partial charge in [-0.1, -0.05) is 6.07 Å². The van der Waals surface area contributed by atoms with Crippen molar-refractivity contribution in [1.29, 1.82) is 0 Å². The molecule has 0 saturated heterocycles. The highest BCUT2D eigenvalue weighted by Gasteiger charge is 2.16. The molecule has 0 aliphatic rings. The number of aryl methyl sites for hydroxylation is 1. The van der Waals surface area contributed by atoms with Crippen LogP contribution in [0.2, 0.25) is 0 Å². The summed E-state index contributed by atoms with van der Waals surface area (Å²) in [5.41, 5.74) is 1.66. The van der Waals surface area contributed by atoms with E-state index in [4.69, 9.17) is 0 Å². The summed E-state index contributed by atoms with van der Waals surface area (Å²) in [4.78, 5) is 40.3. The van der Waals surface area contributed by atoms with Gasteiger partial charge in [0, 0.05) is 12.3 Å². The minimum absolute atomic E-state index is 0.00301. The molecule has 1 aromatic carbocycles. The fourth-order valence-corrected chi connectivity index (χ4v) is 2.48. The summed E-state index contributed by atoms with van der Waals surface area (Å²) < 4.78 is 0. The Hall–Kier alpha value is -3.33. The lowest BCUT2D eigenvalue weighted by Gasteiger charge is -2.16. The Morgan fingerprint density at radius 3 is 2.44 bits per heavy atom. The van der Waals surface area contributed by atoms with Crippen molar-refractivity contribution in [2.75, 3.05) is 30.8 Å². The molecule has 0 bridgehead atoms. The van der Waals surface area contributed by atoms with Gasteiger partial charge in [0.25, 0.3) is 5.69 Å². The molecule has 2 N–H and O–H groups in total. The normalized spacial score (nSPS) is 10.5. The number of carbonyl (C=O) groups excluding carboxylic acids is 2. The maximum absolute atomic E-state index is 12.2. The molecule has 142 valence electrons. The van der Waals surface area contributed by atoms with E-state index >= 15 is 0 Å². The first-order valence-electron chi connectivity index (χ1n) is 8.21. The summed E-state index contributed by atoms with van der Waals surface area (Å²) in [6.07, 6.45) is 1.60. The van der Waals surface area contributed by atoms with E-state index in [9.17, 15) is 19.7 Å². The van der Waals surface area contributed by atoms with Crippen LogP contribution >= 0.6 is 0 Å². The van der Waals surface area contributed by atoms with E-state index in [-0.39, 0.29) is 30.6 Å². The van der Waals surface area contributed by atoms with Gasteiger partial charge in [0.15, 0.2) is 0 Å². The topological polar surface area (TPSA) is 117 Å². The molecule has 27 heavy (non-hydrogen) atoms. The fraction of sp³-hybridized carbons (Fsp3) is 0.278. The van der Waals surface area contributed by atoms with Gasteiger partial charge < -0.3 is 10.6 Å². The zero-order valence-corrected chi connectivity index (χ0v) is 15.4. The number of anilines is 2. The standard InChI is InChI=1S/C18H21N5O4/c1-12-7-8-19-16(9-12)21-18(25)11-22(3)10-17(24)20-14-5-4-6-15(13(14)2)23(26)27/h4-9H,10-11H2,1-3H3,(H,20,24)(H,19,21,25). The van der Waals surface area contributed by atoms with Crippen molar-refractivity contribution in [2.24, 2.45) is 0 Å². The zero-order chi connectivity index (χ0) is 20.0. The zero-order valence-electron chi connectivity index (χ0n) is 15.4. The molecule has 0 radical (unpaired) electrons. The minimum atomic E-state index is -0.499. The van der Waals surface area contributed by atoms with Gasteiger partial charge in [-0.15, -0.1) is 0 Å². The molecule has 9 heteroatoms. The van der Waals surface area contributed by atoms with Gasteiger partial charge in [-0.05, 0) is 44.7 Å². The second-order valence-corrected chi connectivity index (χ2v) is 6.19. The molecule has 0 aliphatic heterocycles. The molecule has 0 spiro atoms. The van der Waals surface area contributed by atoms with Gasteiger partial charge in [0.2, 0.25) is 11.8 Å². The van der Waals surface area contributed by atoms with Crippen molar-refractivity contribution in [1.82, 2.24) is 9.88 Å². The number of hydrogen-bond acceptors (Lipinski definition) is 6. The van der Waals surface area contributed by atoms with Gasteiger partial charge in [-0.2, -0.15) is 0 Å². The van der Waals surface area contributed by atoms with Gasteiger partial charge in [0.05, 0.1) is 29.3 Å². The highest BCUT2D eigenvalue weighted by Crippen LogP contribution is 2.24. The summed E-state index contributed by atoms with van der Waals surface area (Å²) in [7, 11) is 1.63. The van der Waals surface area contributed by atoms with E-state index < -0.39 is 4.92 Å². The monoisotopic (exact) mass is 371 g/mol. The molecule has 0 atom stereocenters. The SMILES string of the molecule is Cc1ccnc(NC(=O)CN(C)CC(=O)Nc2cccc([N+](=O)[O-])c2C)c1. The number of likely N-dealkylation sites (N-methyl/N-ethyl adjacent to an activating group) is 1. The third-order valence-corrected chi connectivity index (χ3v) is 3.79. The first-order chi connectivity index (χ1) is 12.8. The van der Waals surface area contributed by atoms with Gasteiger partial charge >= 0.3 is 0 Å². The molecule has 9 nitrogen and oxygen atoms in total. The van der Waals surface area contributed by atoms with Crippen LogP contribution in [0.3, 0.4) is 0 Å². The van der Waals surface area contributed by atoms with Gasteiger partial charge in [-0.25, -0.2) is 4.98 Å². The van der Waals surface area contributed by atoms with Crippen LogP contribution in [0.4, 0.5) is 17.2 Å². The van der Waals surface area contributed by atoms with Crippen molar-refractivity contribution in [3.05, 3.63) is 57.8 Å². The van der Waals surface area contributed by atoms with Gasteiger partial charge in [-0.3, -0.25) is 24.6 Å². The lowest BCUT2D eigenvalue weighted by atomic mass is 10.1. The Bertz CT molecular complexity index is 869. The number of hydrogen-bond donors (Lipinski definition) is 2. The van der Waals surface area contributed by atoms with Crippen molar-refractivity contribution in [3.8, 4) is 0 Å². The first-order valence-corrected chi connectivity index (χ1v) is 8.21. The molecular formula is C18H21N5O4. The number of aromatic nitrogens is 1. The Kier molecular flexibility index (Phi) is 6.56. The Morgan fingerprint density at radius 1 is 1.15 bits per heavy atom. The van der Waals surface area contributed by atoms with E-state index in [0.717, 1.165) is 5.56 Å². The molecule has 0 unspecified atom stereocenters. The van der Waals surface area contributed by atoms with E-state index in [2.05, 4.69) is 15.6 Å². The lowest BCUT2D eigenvalue weighted by molar-refractivity contribution is -0.385. The first kappa shape index (κ1) is 20.0. The van der Waals surface area contributed by atoms with Crippen LogP contribution in [0.5, 0.6) is 0 Å². The number of amides is 2. The number of pyridine rings is 1. The summed E-state index contributed by atoms with van der Waals surface area (Å²) in [5, 5.41) is 16.3. The van der Waals surface area contributed by atoms with E-state index in [1.54, 1.807) is 32.3 Å². The van der Waals surface area contributed by atoms with E-state index in [1.807, 2.05) is 13.0 Å². The molecule has 1 aromatic heterocycles. The largest absolute Gasteiger partial charge is 0.324 e. The summed E-state index contributed by atoms with van der Waals surface area (Å²) in [6.45, 7) is 3.41. The number of nitrogens with zero attached hydrogens (tertiary/aromatic N) is 3. The number of benzene rings is 1. The average molecular weight is 371 g/mol. The Balaban J connectivity index is 1.89. The molecule has 0 aliphatic carbocycles. The molecule has 2 aromatic rings. The number of rotatable bonds is 7. The van der Waals surface area contributed by atoms with Crippen LogP contribution in [-0.4, -0.2) is 46.8 Å². The number of nitro benzene ring substituents is 1. The molecule has 2 rings (SSSR count).